The molecule has 1 N–H and O–H groups in total. The van der Waals surface area contributed by atoms with Gasteiger partial charge in [0.15, 0.2) is 0 Å². The molecular formula is C17H16FN3O2. The Morgan fingerprint density at radius 2 is 1.87 bits per heavy atom. The SMILES string of the molecule is Cc1ccc(OCc2c(CO)nnn2-c2ccccc2F)cc1. The van der Waals surface area contributed by atoms with Crippen LogP contribution in [-0.4, -0.2) is 20.1 Å². The second kappa shape index (κ2) is 6.58. The number of rotatable bonds is 5. The predicted molar refractivity (Wildman–Crippen MR) is 82.8 cm³/mol. The Hall–Kier alpha value is -2.73. The van der Waals surface area contributed by atoms with Gasteiger partial charge in [-0.05, 0) is 31.2 Å². The lowest BCUT2D eigenvalue weighted by molar-refractivity contribution is 0.263. The van der Waals surface area contributed by atoms with Gasteiger partial charge in [0, 0.05) is 0 Å². The Labute approximate surface area is 133 Å². The van der Waals surface area contributed by atoms with E-state index in [1.54, 1.807) is 18.2 Å². The Bertz CT molecular complexity index is 800. The van der Waals surface area contributed by atoms with Gasteiger partial charge in [-0.2, -0.15) is 0 Å². The first-order valence-electron chi connectivity index (χ1n) is 7.17. The van der Waals surface area contributed by atoms with Crippen LogP contribution in [0.25, 0.3) is 5.69 Å². The van der Waals surface area contributed by atoms with Crippen molar-refractivity contribution in [1.29, 1.82) is 0 Å². The van der Waals surface area contributed by atoms with Gasteiger partial charge in [-0.25, -0.2) is 9.07 Å². The Morgan fingerprint density at radius 1 is 1.13 bits per heavy atom. The molecule has 2 aromatic carbocycles. The highest BCUT2D eigenvalue weighted by atomic mass is 19.1. The van der Waals surface area contributed by atoms with Gasteiger partial charge in [0.25, 0.3) is 0 Å². The van der Waals surface area contributed by atoms with Gasteiger partial charge in [0.1, 0.15) is 35.2 Å². The Balaban J connectivity index is 1.90. The highest BCUT2D eigenvalue weighted by molar-refractivity contribution is 5.35. The van der Waals surface area contributed by atoms with Crippen molar-refractivity contribution in [2.75, 3.05) is 0 Å². The molecule has 0 amide bonds. The zero-order valence-electron chi connectivity index (χ0n) is 12.6. The molecule has 0 bridgehead atoms. The maximum absolute atomic E-state index is 14.0. The van der Waals surface area contributed by atoms with Crippen molar-refractivity contribution >= 4 is 0 Å². The first-order valence-corrected chi connectivity index (χ1v) is 7.17. The third-order valence-electron chi connectivity index (χ3n) is 3.47. The third kappa shape index (κ3) is 3.22. The summed E-state index contributed by atoms with van der Waals surface area (Å²) < 4.78 is 21.1. The van der Waals surface area contributed by atoms with Crippen molar-refractivity contribution in [1.82, 2.24) is 15.0 Å². The topological polar surface area (TPSA) is 60.2 Å². The lowest BCUT2D eigenvalue weighted by Gasteiger charge is -2.10. The quantitative estimate of drug-likeness (QED) is 0.787. The summed E-state index contributed by atoms with van der Waals surface area (Å²) in [5.41, 5.74) is 2.27. The molecule has 0 fully saturated rings. The number of hydrogen-bond acceptors (Lipinski definition) is 4. The molecule has 6 heteroatoms. The van der Waals surface area contributed by atoms with Crippen LogP contribution >= 0.6 is 0 Å². The number of nitrogens with zero attached hydrogens (tertiary/aromatic N) is 3. The van der Waals surface area contributed by atoms with E-state index < -0.39 is 5.82 Å². The number of aromatic nitrogens is 3. The molecule has 0 saturated carbocycles. The highest BCUT2D eigenvalue weighted by Gasteiger charge is 2.16. The van der Waals surface area contributed by atoms with E-state index in [9.17, 15) is 9.50 Å². The third-order valence-corrected chi connectivity index (χ3v) is 3.47. The van der Waals surface area contributed by atoms with Crippen LogP contribution in [0.5, 0.6) is 5.75 Å². The first-order chi connectivity index (χ1) is 11.2. The molecule has 1 heterocycles. The van der Waals surface area contributed by atoms with Crippen molar-refractivity contribution in [3.05, 3.63) is 71.3 Å². The lowest BCUT2D eigenvalue weighted by atomic mass is 10.2. The van der Waals surface area contributed by atoms with Gasteiger partial charge >= 0.3 is 0 Å². The largest absolute Gasteiger partial charge is 0.487 e. The van der Waals surface area contributed by atoms with E-state index in [0.717, 1.165) is 5.56 Å². The molecule has 23 heavy (non-hydrogen) atoms. The smallest absolute Gasteiger partial charge is 0.148 e. The van der Waals surface area contributed by atoms with E-state index in [4.69, 9.17) is 4.74 Å². The van der Waals surface area contributed by atoms with Crippen molar-refractivity contribution in [2.24, 2.45) is 0 Å². The molecule has 0 radical (unpaired) electrons. The molecule has 1 aromatic heterocycles. The fraction of sp³-hybridized carbons (Fsp3) is 0.176. The van der Waals surface area contributed by atoms with Crippen LogP contribution in [0.2, 0.25) is 0 Å². The summed E-state index contributed by atoms with van der Waals surface area (Å²) in [5.74, 6) is 0.263. The first kappa shape index (κ1) is 15.2. The van der Waals surface area contributed by atoms with Gasteiger partial charge in [-0.15, -0.1) is 5.10 Å². The summed E-state index contributed by atoms with van der Waals surface area (Å²) in [4.78, 5) is 0. The van der Waals surface area contributed by atoms with E-state index in [2.05, 4.69) is 10.3 Å². The summed E-state index contributed by atoms with van der Waals surface area (Å²) in [6.45, 7) is 1.83. The summed E-state index contributed by atoms with van der Waals surface area (Å²) in [6.07, 6.45) is 0. The minimum Gasteiger partial charge on any atom is -0.487 e. The van der Waals surface area contributed by atoms with Crippen LogP contribution in [0.3, 0.4) is 0 Å². The average Bonchev–Trinajstić information content (AvgIpc) is 2.97. The normalized spacial score (nSPS) is 10.7. The maximum atomic E-state index is 14.0. The summed E-state index contributed by atoms with van der Waals surface area (Å²) in [5, 5.41) is 17.2. The fourth-order valence-electron chi connectivity index (χ4n) is 2.20. The van der Waals surface area contributed by atoms with Crippen molar-refractivity contribution in [2.45, 2.75) is 20.1 Å². The predicted octanol–water partition coefficient (Wildman–Crippen LogP) is 2.79. The summed E-state index contributed by atoms with van der Waals surface area (Å²) in [6, 6.07) is 13.8. The monoisotopic (exact) mass is 313 g/mol. The highest BCUT2D eigenvalue weighted by Crippen LogP contribution is 2.19. The molecule has 0 saturated heterocycles. The van der Waals surface area contributed by atoms with Crippen molar-refractivity contribution in [3.63, 3.8) is 0 Å². The Morgan fingerprint density at radius 3 is 2.57 bits per heavy atom. The molecule has 3 rings (SSSR count). The number of ether oxygens (including phenoxy) is 1. The molecular weight excluding hydrogens is 297 g/mol. The van der Waals surface area contributed by atoms with Gasteiger partial charge in [-0.3, -0.25) is 0 Å². The molecule has 0 spiro atoms. The second-order valence-corrected chi connectivity index (χ2v) is 5.11. The van der Waals surface area contributed by atoms with Gasteiger partial charge in [0.2, 0.25) is 0 Å². The minimum atomic E-state index is -0.418. The molecule has 0 aliphatic rings. The molecule has 3 aromatic rings. The van der Waals surface area contributed by atoms with Gasteiger partial charge in [-0.1, -0.05) is 35.0 Å². The van der Waals surface area contributed by atoms with E-state index in [1.165, 1.54) is 10.7 Å². The van der Waals surface area contributed by atoms with Gasteiger partial charge < -0.3 is 9.84 Å². The standard InChI is InChI=1S/C17H16FN3O2/c1-12-6-8-13(9-7-12)23-11-17-15(10-22)19-20-21(17)16-5-3-2-4-14(16)18/h2-9,22H,10-11H2,1H3. The zero-order chi connectivity index (χ0) is 16.2. The lowest BCUT2D eigenvalue weighted by Crippen LogP contribution is -2.09. The molecule has 0 atom stereocenters. The van der Waals surface area contributed by atoms with Crippen LogP contribution in [-0.2, 0) is 13.2 Å². The van der Waals surface area contributed by atoms with Crippen LogP contribution in [0.15, 0.2) is 48.5 Å². The van der Waals surface area contributed by atoms with Crippen LogP contribution < -0.4 is 4.74 Å². The maximum Gasteiger partial charge on any atom is 0.148 e. The number of aryl methyl sites for hydroxylation is 1. The number of benzene rings is 2. The number of hydrogen-bond donors (Lipinski definition) is 1. The van der Waals surface area contributed by atoms with Crippen molar-refractivity contribution < 1.29 is 14.2 Å². The van der Waals surface area contributed by atoms with E-state index in [1.807, 2.05) is 31.2 Å². The second-order valence-electron chi connectivity index (χ2n) is 5.11. The van der Waals surface area contributed by atoms with Crippen LogP contribution in [0, 0.1) is 12.7 Å². The summed E-state index contributed by atoms with van der Waals surface area (Å²) in [7, 11) is 0. The van der Waals surface area contributed by atoms with E-state index >= 15 is 0 Å². The van der Waals surface area contributed by atoms with E-state index in [0.29, 0.717) is 17.1 Å². The molecule has 118 valence electrons. The fourth-order valence-corrected chi connectivity index (χ4v) is 2.20. The average molecular weight is 313 g/mol. The Kier molecular flexibility index (Phi) is 4.34. The number of aliphatic hydroxyl groups is 1. The number of aliphatic hydroxyl groups excluding tert-OH is 1. The minimum absolute atomic E-state index is 0.125. The zero-order valence-corrected chi connectivity index (χ0v) is 12.6. The van der Waals surface area contributed by atoms with E-state index in [-0.39, 0.29) is 18.9 Å². The molecule has 0 aliphatic heterocycles. The molecule has 5 nitrogen and oxygen atoms in total. The van der Waals surface area contributed by atoms with Crippen LogP contribution in [0.4, 0.5) is 4.39 Å². The molecule has 0 aliphatic carbocycles. The number of halogens is 1. The van der Waals surface area contributed by atoms with Crippen LogP contribution in [0.1, 0.15) is 17.0 Å². The van der Waals surface area contributed by atoms with Crippen molar-refractivity contribution in [3.8, 4) is 11.4 Å². The summed E-state index contributed by atoms with van der Waals surface area (Å²) >= 11 is 0. The number of para-hydroxylation sites is 1. The molecule has 0 unspecified atom stereocenters. The van der Waals surface area contributed by atoms with Gasteiger partial charge in [0.05, 0.1) is 6.61 Å².